The van der Waals surface area contributed by atoms with Gasteiger partial charge >= 0.3 is 0 Å². The highest BCUT2D eigenvalue weighted by molar-refractivity contribution is 7.92. The van der Waals surface area contributed by atoms with Crippen molar-refractivity contribution in [3.8, 4) is 17.2 Å². The molecule has 158 valence electrons. The number of benzene rings is 3. The Morgan fingerprint density at radius 1 is 0.733 bits per heavy atom. The van der Waals surface area contributed by atoms with Crippen LogP contribution in [0, 0.1) is 0 Å². The minimum absolute atomic E-state index is 0.175. The van der Waals surface area contributed by atoms with Crippen molar-refractivity contribution >= 4 is 15.7 Å². The van der Waals surface area contributed by atoms with E-state index in [0.29, 0.717) is 22.9 Å². The van der Waals surface area contributed by atoms with Crippen molar-refractivity contribution in [1.82, 2.24) is 0 Å². The maximum atomic E-state index is 13.7. The lowest BCUT2D eigenvalue weighted by atomic mass is 10.1. The van der Waals surface area contributed by atoms with E-state index in [0.717, 1.165) is 5.56 Å². The van der Waals surface area contributed by atoms with Gasteiger partial charge in [-0.25, -0.2) is 8.42 Å². The fourth-order valence-electron chi connectivity index (χ4n) is 3.20. The van der Waals surface area contributed by atoms with Gasteiger partial charge in [-0.05, 0) is 73.2 Å². The summed E-state index contributed by atoms with van der Waals surface area (Å²) in [5, 5.41) is 0. The van der Waals surface area contributed by atoms with Crippen LogP contribution in [0.15, 0.2) is 77.7 Å². The van der Waals surface area contributed by atoms with Crippen molar-refractivity contribution in [3.63, 3.8) is 0 Å². The lowest BCUT2D eigenvalue weighted by Crippen LogP contribution is -2.33. The molecule has 6 nitrogen and oxygen atoms in total. The van der Waals surface area contributed by atoms with Crippen molar-refractivity contribution in [2.75, 3.05) is 25.6 Å². The average molecular weight is 428 g/mol. The molecular formula is C23H25NO5S. The second-order valence-electron chi connectivity index (χ2n) is 6.63. The summed E-state index contributed by atoms with van der Waals surface area (Å²) in [6.07, 6.45) is 0. The molecule has 3 rings (SSSR count). The predicted molar refractivity (Wildman–Crippen MR) is 117 cm³/mol. The Kier molecular flexibility index (Phi) is 6.52. The van der Waals surface area contributed by atoms with Gasteiger partial charge in [0.2, 0.25) is 0 Å². The summed E-state index contributed by atoms with van der Waals surface area (Å²) in [5.74, 6) is 1.90. The van der Waals surface area contributed by atoms with Gasteiger partial charge in [0.25, 0.3) is 10.0 Å². The van der Waals surface area contributed by atoms with Crippen LogP contribution < -0.4 is 18.5 Å². The standard InChI is InChI=1S/C23H25NO5S/c1-17(18-6-5-7-22(16-18)29-4)24(19-8-10-20(27-2)11-9-19)30(25,26)23-14-12-21(28-3)13-15-23/h5-17H,1-4H3/t17-/m0/s1. The molecule has 0 bridgehead atoms. The van der Waals surface area contributed by atoms with Crippen LogP contribution in [0.3, 0.4) is 0 Å². The Labute approximate surface area is 177 Å². The van der Waals surface area contributed by atoms with Crippen molar-refractivity contribution in [2.24, 2.45) is 0 Å². The smallest absolute Gasteiger partial charge is 0.264 e. The molecular weight excluding hydrogens is 402 g/mol. The van der Waals surface area contributed by atoms with Crippen LogP contribution in [0.5, 0.6) is 17.2 Å². The molecule has 30 heavy (non-hydrogen) atoms. The Morgan fingerprint density at radius 2 is 1.27 bits per heavy atom. The normalized spacial score (nSPS) is 12.1. The van der Waals surface area contributed by atoms with E-state index in [1.54, 1.807) is 62.8 Å². The highest BCUT2D eigenvalue weighted by Crippen LogP contribution is 2.35. The number of ether oxygens (including phenoxy) is 3. The molecule has 0 aliphatic rings. The molecule has 0 amide bonds. The van der Waals surface area contributed by atoms with Crippen LogP contribution in [0.4, 0.5) is 5.69 Å². The molecule has 3 aromatic rings. The lowest BCUT2D eigenvalue weighted by Gasteiger charge is -2.31. The highest BCUT2D eigenvalue weighted by atomic mass is 32.2. The number of rotatable bonds is 8. The van der Waals surface area contributed by atoms with Gasteiger partial charge in [-0.3, -0.25) is 4.31 Å². The Bertz CT molecular complexity index is 1080. The number of methoxy groups -OCH3 is 3. The maximum absolute atomic E-state index is 13.7. The van der Waals surface area contributed by atoms with Crippen molar-refractivity contribution in [1.29, 1.82) is 0 Å². The highest BCUT2D eigenvalue weighted by Gasteiger charge is 2.30. The SMILES string of the molecule is COc1ccc(N([C@@H](C)c2cccc(OC)c2)S(=O)(=O)c2ccc(OC)cc2)cc1. The molecule has 1 atom stereocenters. The quantitative estimate of drug-likeness (QED) is 0.523. The van der Waals surface area contributed by atoms with Crippen molar-refractivity contribution in [3.05, 3.63) is 78.4 Å². The Morgan fingerprint density at radius 3 is 1.80 bits per heavy atom. The zero-order valence-corrected chi connectivity index (χ0v) is 18.2. The van der Waals surface area contributed by atoms with E-state index in [2.05, 4.69) is 0 Å². The summed E-state index contributed by atoms with van der Waals surface area (Å²) >= 11 is 0. The molecule has 0 N–H and O–H groups in total. The van der Waals surface area contributed by atoms with Crippen LogP contribution in [-0.2, 0) is 10.0 Å². The monoisotopic (exact) mass is 427 g/mol. The largest absolute Gasteiger partial charge is 0.497 e. The van der Waals surface area contributed by atoms with Crippen LogP contribution in [0.1, 0.15) is 18.5 Å². The summed E-state index contributed by atoms with van der Waals surface area (Å²) in [7, 11) is 0.822. The summed E-state index contributed by atoms with van der Waals surface area (Å²) in [5.41, 5.74) is 1.34. The summed E-state index contributed by atoms with van der Waals surface area (Å²) in [6, 6.07) is 20.2. The molecule has 0 fully saturated rings. The zero-order chi connectivity index (χ0) is 21.7. The van der Waals surface area contributed by atoms with E-state index < -0.39 is 16.1 Å². The third-order valence-corrected chi connectivity index (χ3v) is 6.78. The molecule has 0 radical (unpaired) electrons. The van der Waals surface area contributed by atoms with Gasteiger partial charge in [0.15, 0.2) is 0 Å². The molecule has 0 unspecified atom stereocenters. The van der Waals surface area contributed by atoms with Gasteiger partial charge in [-0.15, -0.1) is 0 Å². The first-order chi connectivity index (χ1) is 14.4. The first-order valence-corrected chi connectivity index (χ1v) is 10.8. The summed E-state index contributed by atoms with van der Waals surface area (Å²) in [6.45, 7) is 1.85. The number of nitrogens with zero attached hydrogens (tertiary/aromatic N) is 1. The van der Waals surface area contributed by atoms with Gasteiger partial charge < -0.3 is 14.2 Å². The molecule has 0 saturated heterocycles. The van der Waals surface area contributed by atoms with Crippen LogP contribution in [-0.4, -0.2) is 29.7 Å². The molecule has 0 aromatic heterocycles. The van der Waals surface area contributed by atoms with Gasteiger partial charge in [-0.2, -0.15) is 0 Å². The van der Waals surface area contributed by atoms with Crippen molar-refractivity contribution < 1.29 is 22.6 Å². The number of anilines is 1. The van der Waals surface area contributed by atoms with Crippen LogP contribution >= 0.6 is 0 Å². The van der Waals surface area contributed by atoms with E-state index in [9.17, 15) is 8.42 Å². The van der Waals surface area contributed by atoms with E-state index in [4.69, 9.17) is 14.2 Å². The van der Waals surface area contributed by atoms with Crippen molar-refractivity contribution in [2.45, 2.75) is 17.9 Å². The minimum Gasteiger partial charge on any atom is -0.497 e. The minimum atomic E-state index is -3.87. The van der Waals surface area contributed by atoms with Gasteiger partial charge in [-0.1, -0.05) is 12.1 Å². The fourth-order valence-corrected chi connectivity index (χ4v) is 4.84. The van der Waals surface area contributed by atoms with E-state index in [-0.39, 0.29) is 4.90 Å². The first kappa shape index (κ1) is 21.5. The first-order valence-electron chi connectivity index (χ1n) is 9.37. The van der Waals surface area contributed by atoms with E-state index in [1.165, 1.54) is 11.4 Å². The Balaban J connectivity index is 2.12. The average Bonchev–Trinajstić information content (AvgIpc) is 2.79. The van der Waals surface area contributed by atoms with Gasteiger partial charge in [0.1, 0.15) is 17.2 Å². The maximum Gasteiger partial charge on any atom is 0.264 e. The third-order valence-electron chi connectivity index (χ3n) is 4.87. The van der Waals surface area contributed by atoms with E-state index >= 15 is 0 Å². The number of hydrogen-bond acceptors (Lipinski definition) is 5. The van der Waals surface area contributed by atoms with Crippen LogP contribution in [0.25, 0.3) is 0 Å². The molecule has 0 heterocycles. The topological polar surface area (TPSA) is 65.1 Å². The van der Waals surface area contributed by atoms with Crippen LogP contribution in [0.2, 0.25) is 0 Å². The van der Waals surface area contributed by atoms with Gasteiger partial charge in [0, 0.05) is 0 Å². The molecule has 0 aliphatic carbocycles. The predicted octanol–water partition coefficient (Wildman–Crippen LogP) is 4.67. The molecule has 0 spiro atoms. The molecule has 0 saturated carbocycles. The lowest BCUT2D eigenvalue weighted by molar-refractivity contribution is 0.414. The fraction of sp³-hybridized carbons (Fsp3) is 0.217. The van der Waals surface area contributed by atoms with Gasteiger partial charge in [0.05, 0.1) is 38.0 Å². The molecule has 7 heteroatoms. The molecule has 0 aliphatic heterocycles. The Hall–Kier alpha value is -3.19. The number of hydrogen-bond donors (Lipinski definition) is 0. The molecule has 3 aromatic carbocycles. The zero-order valence-electron chi connectivity index (χ0n) is 17.4. The second-order valence-corrected chi connectivity index (χ2v) is 8.44. The number of sulfonamides is 1. The third kappa shape index (κ3) is 4.36. The van der Waals surface area contributed by atoms with E-state index in [1.807, 2.05) is 31.2 Å². The summed E-state index contributed by atoms with van der Waals surface area (Å²) < 4.78 is 44.5. The summed E-state index contributed by atoms with van der Waals surface area (Å²) in [4.78, 5) is 0.175. The second kappa shape index (κ2) is 9.09.